The Labute approximate surface area is 79.8 Å². The highest BCUT2D eigenvalue weighted by Crippen LogP contribution is 2.16. The number of carbonyl (C=O) groups is 1. The molecule has 1 unspecified atom stereocenters. The summed E-state index contributed by atoms with van der Waals surface area (Å²) in [5.74, 6) is -0.609. The highest BCUT2D eigenvalue weighted by atomic mass is 16.6. The first-order chi connectivity index (χ1) is 6.47. The van der Waals surface area contributed by atoms with E-state index in [9.17, 15) is 14.9 Å². The number of furan rings is 1. The molecule has 1 aromatic heterocycles. The van der Waals surface area contributed by atoms with Crippen molar-refractivity contribution in [1.29, 1.82) is 0 Å². The number of carbonyl (C=O) groups excluding carboxylic acids is 1. The average molecular weight is 198 g/mol. The molecule has 1 heterocycles. The summed E-state index contributed by atoms with van der Waals surface area (Å²) in [5.41, 5.74) is 3.16. The van der Waals surface area contributed by atoms with Gasteiger partial charge in [0, 0.05) is 11.8 Å². The van der Waals surface area contributed by atoms with Gasteiger partial charge in [-0.25, -0.2) is 0 Å². The molecule has 0 saturated carbocycles. The number of hydrogen-bond donors (Lipinski definition) is 1. The van der Waals surface area contributed by atoms with Crippen molar-refractivity contribution >= 4 is 5.91 Å². The molecular weight excluding hydrogens is 188 g/mol. The zero-order chi connectivity index (χ0) is 10.8. The van der Waals surface area contributed by atoms with Gasteiger partial charge in [-0.3, -0.25) is 14.9 Å². The average Bonchev–Trinajstić information content (AvgIpc) is 2.55. The molecule has 0 fully saturated rings. The van der Waals surface area contributed by atoms with Crippen LogP contribution in [0, 0.1) is 10.1 Å². The van der Waals surface area contributed by atoms with Gasteiger partial charge in [0.1, 0.15) is 5.76 Å². The van der Waals surface area contributed by atoms with Crippen LogP contribution in [0.5, 0.6) is 0 Å². The summed E-state index contributed by atoms with van der Waals surface area (Å²) in [4.78, 5) is 20.9. The summed E-state index contributed by atoms with van der Waals surface area (Å²) in [5, 5.41) is 10.7. The largest absolute Gasteiger partial charge is 0.469 e. The second-order valence-electron chi connectivity index (χ2n) is 3.15. The van der Waals surface area contributed by atoms with Gasteiger partial charge in [-0.05, 0) is 12.1 Å². The third kappa shape index (κ3) is 1.73. The van der Waals surface area contributed by atoms with Gasteiger partial charge in [0.25, 0.3) is 5.91 Å². The Bertz CT molecular complexity index is 330. The zero-order valence-electron chi connectivity index (χ0n) is 7.60. The summed E-state index contributed by atoms with van der Waals surface area (Å²) in [6, 6.07) is 3.15. The molecular formula is C8H10N2O4. The standard InChI is InChI=1S/C8H10N2O4/c1-8(7(9)11,10(12)13)5-6-3-2-4-14-6/h2-4H,5H2,1H3,(H2,9,11). The van der Waals surface area contributed by atoms with Gasteiger partial charge < -0.3 is 10.2 Å². The Hall–Kier alpha value is -1.85. The van der Waals surface area contributed by atoms with E-state index in [4.69, 9.17) is 10.2 Å². The summed E-state index contributed by atoms with van der Waals surface area (Å²) >= 11 is 0. The van der Waals surface area contributed by atoms with Gasteiger partial charge in [-0.15, -0.1) is 0 Å². The van der Waals surface area contributed by atoms with Crippen molar-refractivity contribution in [2.24, 2.45) is 5.73 Å². The highest BCUT2D eigenvalue weighted by molar-refractivity contribution is 5.82. The van der Waals surface area contributed by atoms with Gasteiger partial charge in [-0.2, -0.15) is 0 Å². The van der Waals surface area contributed by atoms with Crippen LogP contribution < -0.4 is 5.73 Å². The predicted octanol–water partition coefficient (Wildman–Crippen LogP) is 0.343. The van der Waals surface area contributed by atoms with Crippen molar-refractivity contribution in [2.75, 3.05) is 0 Å². The van der Waals surface area contributed by atoms with Crippen LogP contribution >= 0.6 is 0 Å². The van der Waals surface area contributed by atoms with E-state index in [0.29, 0.717) is 5.76 Å². The topological polar surface area (TPSA) is 99.4 Å². The lowest BCUT2D eigenvalue weighted by Gasteiger charge is -2.15. The molecule has 1 atom stereocenters. The van der Waals surface area contributed by atoms with Crippen LogP contribution in [-0.2, 0) is 11.2 Å². The molecule has 0 aliphatic heterocycles. The quantitative estimate of drug-likeness (QED) is 0.557. The van der Waals surface area contributed by atoms with Crippen LogP contribution in [0.2, 0.25) is 0 Å². The first-order valence-corrected chi connectivity index (χ1v) is 3.93. The summed E-state index contributed by atoms with van der Waals surface area (Å²) in [6.45, 7) is 1.18. The molecule has 76 valence electrons. The number of rotatable bonds is 4. The molecule has 14 heavy (non-hydrogen) atoms. The third-order valence-corrected chi connectivity index (χ3v) is 2.03. The van der Waals surface area contributed by atoms with Gasteiger partial charge in [0.05, 0.1) is 12.7 Å². The van der Waals surface area contributed by atoms with Crippen molar-refractivity contribution in [2.45, 2.75) is 18.9 Å². The van der Waals surface area contributed by atoms with Crippen LogP contribution in [0.15, 0.2) is 22.8 Å². The monoisotopic (exact) mass is 198 g/mol. The lowest BCUT2D eigenvalue weighted by Crippen LogP contribution is -2.49. The van der Waals surface area contributed by atoms with Crippen molar-refractivity contribution in [1.82, 2.24) is 0 Å². The summed E-state index contributed by atoms with van der Waals surface area (Å²) in [6.07, 6.45) is 1.25. The van der Waals surface area contributed by atoms with Crippen molar-refractivity contribution in [3.8, 4) is 0 Å². The molecule has 0 saturated heterocycles. The maximum absolute atomic E-state index is 10.9. The molecule has 0 aliphatic carbocycles. The van der Waals surface area contributed by atoms with E-state index in [1.165, 1.54) is 13.2 Å². The van der Waals surface area contributed by atoms with E-state index in [0.717, 1.165) is 0 Å². The highest BCUT2D eigenvalue weighted by Gasteiger charge is 2.45. The minimum atomic E-state index is -1.81. The van der Waals surface area contributed by atoms with Crippen molar-refractivity contribution < 1.29 is 14.1 Å². The van der Waals surface area contributed by atoms with Crippen LogP contribution in [-0.4, -0.2) is 16.4 Å². The molecule has 1 amide bonds. The molecule has 0 radical (unpaired) electrons. The molecule has 2 N–H and O–H groups in total. The minimum Gasteiger partial charge on any atom is -0.469 e. The van der Waals surface area contributed by atoms with Gasteiger partial charge in [0.2, 0.25) is 0 Å². The zero-order valence-corrected chi connectivity index (χ0v) is 7.60. The second-order valence-corrected chi connectivity index (χ2v) is 3.15. The number of nitrogens with two attached hydrogens (primary N) is 1. The van der Waals surface area contributed by atoms with E-state index in [1.54, 1.807) is 12.1 Å². The van der Waals surface area contributed by atoms with Crippen LogP contribution in [0.25, 0.3) is 0 Å². The minimum absolute atomic E-state index is 0.137. The molecule has 1 rings (SSSR count). The smallest absolute Gasteiger partial charge is 0.302 e. The van der Waals surface area contributed by atoms with Gasteiger partial charge >= 0.3 is 5.54 Å². The molecule has 0 aliphatic rings. The predicted molar refractivity (Wildman–Crippen MR) is 47.0 cm³/mol. The SMILES string of the molecule is CC(Cc1ccco1)(C(N)=O)[N+](=O)[O-]. The Morgan fingerprint density at radius 2 is 2.43 bits per heavy atom. The summed E-state index contributed by atoms with van der Waals surface area (Å²) < 4.78 is 4.92. The number of nitro groups is 1. The fourth-order valence-corrected chi connectivity index (χ4v) is 0.994. The Morgan fingerprint density at radius 1 is 1.79 bits per heavy atom. The van der Waals surface area contributed by atoms with E-state index in [1.807, 2.05) is 0 Å². The molecule has 1 aromatic rings. The van der Waals surface area contributed by atoms with Gasteiger partial charge in [0.15, 0.2) is 0 Å². The normalized spacial score (nSPS) is 14.6. The van der Waals surface area contributed by atoms with Crippen molar-refractivity contribution in [3.63, 3.8) is 0 Å². The number of amides is 1. The van der Waals surface area contributed by atoms with E-state index >= 15 is 0 Å². The molecule has 0 aromatic carbocycles. The lowest BCUT2D eigenvalue weighted by molar-refractivity contribution is -0.547. The summed E-state index contributed by atoms with van der Waals surface area (Å²) in [7, 11) is 0. The van der Waals surface area contributed by atoms with E-state index in [-0.39, 0.29) is 6.42 Å². The fraction of sp³-hybridized carbons (Fsp3) is 0.375. The number of hydrogen-bond acceptors (Lipinski definition) is 4. The van der Waals surface area contributed by atoms with E-state index in [2.05, 4.69) is 0 Å². The first-order valence-electron chi connectivity index (χ1n) is 3.93. The van der Waals surface area contributed by atoms with Crippen LogP contribution in [0.4, 0.5) is 0 Å². The van der Waals surface area contributed by atoms with Crippen molar-refractivity contribution in [3.05, 3.63) is 34.3 Å². The fourth-order valence-electron chi connectivity index (χ4n) is 0.994. The molecule has 6 heteroatoms. The molecule has 0 bridgehead atoms. The third-order valence-electron chi connectivity index (χ3n) is 2.03. The van der Waals surface area contributed by atoms with Crippen LogP contribution in [0.3, 0.4) is 0 Å². The lowest BCUT2D eigenvalue weighted by atomic mass is 9.96. The molecule has 0 spiro atoms. The van der Waals surface area contributed by atoms with E-state index < -0.39 is 16.4 Å². The first kappa shape index (κ1) is 10.2. The maximum atomic E-state index is 10.9. The Kier molecular flexibility index (Phi) is 2.55. The maximum Gasteiger partial charge on any atom is 0.302 e. The Morgan fingerprint density at radius 3 is 2.79 bits per heavy atom. The Balaban J connectivity index is 2.91. The number of nitrogens with zero attached hydrogens (tertiary/aromatic N) is 1. The molecule has 6 nitrogen and oxygen atoms in total. The van der Waals surface area contributed by atoms with Crippen LogP contribution in [0.1, 0.15) is 12.7 Å². The second kappa shape index (κ2) is 3.49. The number of primary amides is 1. The van der Waals surface area contributed by atoms with Gasteiger partial charge in [-0.1, -0.05) is 0 Å².